The molecular formula is C19H18N4O. The fourth-order valence-electron chi connectivity index (χ4n) is 2.86. The van der Waals surface area contributed by atoms with E-state index in [1.165, 1.54) is 4.90 Å². The average Bonchev–Trinajstić information content (AvgIpc) is 2.60. The highest BCUT2D eigenvalue weighted by atomic mass is 16.2. The van der Waals surface area contributed by atoms with Crippen LogP contribution in [0.5, 0.6) is 0 Å². The maximum absolute atomic E-state index is 12.1. The van der Waals surface area contributed by atoms with Gasteiger partial charge in [0, 0.05) is 7.05 Å². The molecule has 0 unspecified atom stereocenters. The first-order valence-corrected chi connectivity index (χ1v) is 7.66. The SMILES string of the molecule is CN1C(=O)C[C@@](C)(c2ccc(-c3cccc(C#N)c3)cc2)N=C1N. The van der Waals surface area contributed by atoms with Crippen LogP contribution in [0.2, 0.25) is 0 Å². The van der Waals surface area contributed by atoms with E-state index in [4.69, 9.17) is 11.0 Å². The highest BCUT2D eigenvalue weighted by Gasteiger charge is 2.35. The van der Waals surface area contributed by atoms with Gasteiger partial charge in [-0.05, 0) is 35.7 Å². The van der Waals surface area contributed by atoms with E-state index in [0.717, 1.165) is 16.7 Å². The molecule has 2 aromatic carbocycles. The largest absolute Gasteiger partial charge is 0.369 e. The number of hydrogen-bond donors (Lipinski definition) is 1. The zero-order valence-electron chi connectivity index (χ0n) is 13.7. The number of guanidine groups is 1. The average molecular weight is 318 g/mol. The second-order valence-electron chi connectivity index (χ2n) is 6.14. The van der Waals surface area contributed by atoms with Crippen molar-refractivity contribution < 1.29 is 4.79 Å². The van der Waals surface area contributed by atoms with E-state index in [-0.39, 0.29) is 18.3 Å². The van der Waals surface area contributed by atoms with Crippen molar-refractivity contribution in [2.45, 2.75) is 18.9 Å². The molecule has 0 fully saturated rings. The highest BCUT2D eigenvalue weighted by molar-refractivity contribution is 5.98. The number of carbonyl (C=O) groups is 1. The summed E-state index contributed by atoms with van der Waals surface area (Å²) in [5, 5.41) is 9.02. The Kier molecular flexibility index (Phi) is 3.82. The first kappa shape index (κ1) is 15.8. The summed E-state index contributed by atoms with van der Waals surface area (Å²) < 4.78 is 0. The van der Waals surface area contributed by atoms with E-state index in [0.29, 0.717) is 5.56 Å². The molecule has 120 valence electrons. The van der Waals surface area contributed by atoms with Gasteiger partial charge in [-0.2, -0.15) is 5.26 Å². The quantitative estimate of drug-likeness (QED) is 0.924. The van der Waals surface area contributed by atoms with Gasteiger partial charge in [0.05, 0.1) is 23.6 Å². The predicted molar refractivity (Wildman–Crippen MR) is 93.0 cm³/mol. The molecule has 3 rings (SSSR count). The van der Waals surface area contributed by atoms with Crippen molar-refractivity contribution in [3.8, 4) is 17.2 Å². The number of nitrogens with two attached hydrogens (primary N) is 1. The molecule has 0 aliphatic carbocycles. The second kappa shape index (κ2) is 5.82. The maximum atomic E-state index is 12.1. The smallest absolute Gasteiger partial charge is 0.231 e. The van der Waals surface area contributed by atoms with Crippen LogP contribution in [-0.2, 0) is 10.3 Å². The van der Waals surface area contributed by atoms with Crippen LogP contribution in [0, 0.1) is 11.3 Å². The van der Waals surface area contributed by atoms with Crippen LogP contribution < -0.4 is 5.73 Å². The number of nitriles is 1. The Labute approximate surface area is 141 Å². The third-order valence-corrected chi connectivity index (χ3v) is 4.41. The van der Waals surface area contributed by atoms with Crippen LogP contribution in [0.1, 0.15) is 24.5 Å². The van der Waals surface area contributed by atoms with Gasteiger partial charge >= 0.3 is 0 Å². The molecule has 0 saturated carbocycles. The Morgan fingerprint density at radius 3 is 2.54 bits per heavy atom. The number of benzene rings is 2. The van der Waals surface area contributed by atoms with Crippen molar-refractivity contribution in [2.24, 2.45) is 10.7 Å². The Morgan fingerprint density at radius 1 is 1.21 bits per heavy atom. The normalized spacial score (nSPS) is 20.5. The molecule has 1 atom stereocenters. The van der Waals surface area contributed by atoms with Crippen LogP contribution in [0.3, 0.4) is 0 Å². The molecule has 5 nitrogen and oxygen atoms in total. The summed E-state index contributed by atoms with van der Waals surface area (Å²) in [6, 6.07) is 17.5. The summed E-state index contributed by atoms with van der Waals surface area (Å²) in [6.07, 6.45) is 0.285. The fraction of sp³-hybridized carbons (Fsp3) is 0.211. The van der Waals surface area contributed by atoms with Crippen molar-refractivity contribution in [3.63, 3.8) is 0 Å². The van der Waals surface area contributed by atoms with Gasteiger partial charge in [0.15, 0.2) is 5.96 Å². The summed E-state index contributed by atoms with van der Waals surface area (Å²) >= 11 is 0. The molecule has 5 heteroatoms. The van der Waals surface area contributed by atoms with E-state index >= 15 is 0 Å². The van der Waals surface area contributed by atoms with Gasteiger partial charge < -0.3 is 5.73 Å². The monoisotopic (exact) mass is 318 g/mol. The number of amides is 1. The lowest BCUT2D eigenvalue weighted by Crippen LogP contribution is -2.47. The molecule has 1 aliphatic rings. The molecule has 0 spiro atoms. The van der Waals surface area contributed by atoms with Crippen molar-refractivity contribution in [3.05, 3.63) is 59.7 Å². The van der Waals surface area contributed by atoms with Gasteiger partial charge in [0.2, 0.25) is 5.91 Å². The van der Waals surface area contributed by atoms with Crippen LogP contribution >= 0.6 is 0 Å². The second-order valence-corrected chi connectivity index (χ2v) is 6.14. The maximum Gasteiger partial charge on any atom is 0.231 e. The molecule has 0 saturated heterocycles. The van der Waals surface area contributed by atoms with Gasteiger partial charge in [-0.25, -0.2) is 4.99 Å². The molecule has 2 N–H and O–H groups in total. The van der Waals surface area contributed by atoms with Gasteiger partial charge in [-0.15, -0.1) is 0 Å². The number of rotatable bonds is 2. The van der Waals surface area contributed by atoms with E-state index in [1.54, 1.807) is 13.1 Å². The molecule has 0 bridgehead atoms. The molecule has 2 aromatic rings. The Bertz CT molecular complexity index is 864. The van der Waals surface area contributed by atoms with Crippen molar-refractivity contribution >= 4 is 11.9 Å². The Hall–Kier alpha value is -3.13. The van der Waals surface area contributed by atoms with E-state index in [9.17, 15) is 4.79 Å². The third-order valence-electron chi connectivity index (χ3n) is 4.41. The summed E-state index contributed by atoms with van der Waals surface area (Å²) in [5.74, 6) is 0.190. The third kappa shape index (κ3) is 2.74. The van der Waals surface area contributed by atoms with Gasteiger partial charge in [-0.1, -0.05) is 36.4 Å². The molecule has 1 aliphatic heterocycles. The molecular weight excluding hydrogens is 300 g/mol. The van der Waals surface area contributed by atoms with Crippen LogP contribution in [0.15, 0.2) is 53.5 Å². The minimum absolute atomic E-state index is 0.0456. The zero-order valence-corrected chi connectivity index (χ0v) is 13.7. The Morgan fingerprint density at radius 2 is 1.92 bits per heavy atom. The topological polar surface area (TPSA) is 82.5 Å². The van der Waals surface area contributed by atoms with Crippen LogP contribution in [0.25, 0.3) is 11.1 Å². The molecule has 24 heavy (non-hydrogen) atoms. The number of aliphatic imine (C=N–C) groups is 1. The van der Waals surface area contributed by atoms with Crippen LogP contribution in [-0.4, -0.2) is 23.8 Å². The van der Waals surface area contributed by atoms with E-state index in [1.807, 2.05) is 49.4 Å². The minimum atomic E-state index is -0.652. The Balaban J connectivity index is 1.95. The highest BCUT2D eigenvalue weighted by Crippen LogP contribution is 2.34. The van der Waals surface area contributed by atoms with Crippen molar-refractivity contribution in [1.29, 1.82) is 5.26 Å². The van der Waals surface area contributed by atoms with Gasteiger partial charge in [0.25, 0.3) is 0 Å². The van der Waals surface area contributed by atoms with E-state index < -0.39 is 5.54 Å². The first-order valence-electron chi connectivity index (χ1n) is 7.66. The molecule has 0 radical (unpaired) electrons. The summed E-state index contributed by atoms with van der Waals surface area (Å²) in [7, 11) is 1.63. The lowest BCUT2D eigenvalue weighted by Gasteiger charge is -2.33. The first-order chi connectivity index (χ1) is 11.4. The summed E-state index contributed by atoms with van der Waals surface area (Å²) in [6.45, 7) is 1.91. The number of hydrogen-bond acceptors (Lipinski definition) is 4. The molecule has 0 aromatic heterocycles. The van der Waals surface area contributed by atoms with E-state index in [2.05, 4.69) is 11.1 Å². The van der Waals surface area contributed by atoms with Gasteiger partial charge in [0.1, 0.15) is 0 Å². The minimum Gasteiger partial charge on any atom is -0.369 e. The summed E-state index contributed by atoms with van der Waals surface area (Å²) in [5.41, 5.74) is 8.76. The lowest BCUT2D eigenvalue weighted by molar-refractivity contribution is -0.128. The predicted octanol–water partition coefficient (Wildman–Crippen LogP) is 2.62. The number of nitrogens with zero attached hydrogens (tertiary/aromatic N) is 3. The standard InChI is InChI=1S/C19H18N4O/c1-19(11-17(24)23(2)18(21)22-19)16-8-6-14(7-9-16)15-5-3-4-13(10-15)12-20/h3-10H,11H2,1-2H3,(H2,21,22)/t19-/m0/s1. The fourth-order valence-corrected chi connectivity index (χ4v) is 2.86. The molecule has 1 amide bonds. The van der Waals surface area contributed by atoms with Crippen molar-refractivity contribution in [2.75, 3.05) is 7.05 Å². The van der Waals surface area contributed by atoms with Crippen LogP contribution in [0.4, 0.5) is 0 Å². The summed E-state index contributed by atoms with van der Waals surface area (Å²) in [4.78, 5) is 18.0. The lowest BCUT2D eigenvalue weighted by atomic mass is 9.86. The number of carbonyl (C=O) groups excluding carboxylic acids is 1. The zero-order chi connectivity index (χ0) is 17.3. The van der Waals surface area contributed by atoms with Crippen molar-refractivity contribution in [1.82, 2.24) is 4.90 Å². The van der Waals surface area contributed by atoms with Gasteiger partial charge in [-0.3, -0.25) is 9.69 Å². The molecule has 1 heterocycles.